The molecule has 0 atom stereocenters. The van der Waals surface area contributed by atoms with E-state index in [1.54, 1.807) is 0 Å². The molecule has 0 amide bonds. The molecular weight excluding hydrogens is 208 g/mol. The Hall–Kier alpha value is -0.860. The predicted octanol–water partition coefficient (Wildman–Crippen LogP) is 2.31. The van der Waals surface area contributed by atoms with E-state index in [4.69, 9.17) is 0 Å². The smallest absolute Gasteiger partial charge is 0.00793 e. The molecule has 0 radical (unpaired) electrons. The van der Waals surface area contributed by atoms with Gasteiger partial charge in [-0.3, -0.25) is 0 Å². The average molecular weight is 232 g/mol. The molecule has 1 aromatic carbocycles. The number of rotatable bonds is 7. The largest absolute Gasteiger partial charge is 0.315 e. The van der Waals surface area contributed by atoms with Crippen molar-refractivity contribution in [2.75, 3.05) is 19.6 Å². The van der Waals surface area contributed by atoms with Gasteiger partial charge in [-0.1, -0.05) is 44.2 Å². The van der Waals surface area contributed by atoms with Crippen molar-refractivity contribution in [2.24, 2.45) is 0 Å². The van der Waals surface area contributed by atoms with Crippen LogP contribution in [0.4, 0.5) is 0 Å². The van der Waals surface area contributed by atoms with E-state index in [9.17, 15) is 0 Å². The molecule has 17 heavy (non-hydrogen) atoms. The summed E-state index contributed by atoms with van der Waals surface area (Å²) in [7, 11) is 0. The van der Waals surface area contributed by atoms with Crippen molar-refractivity contribution < 1.29 is 0 Å². The van der Waals surface area contributed by atoms with E-state index in [0.717, 1.165) is 25.7 Å². The Morgan fingerprint density at radius 2 is 1.82 bits per heavy atom. The highest BCUT2D eigenvalue weighted by atomic mass is 15.0. The maximum Gasteiger partial charge on any atom is 0.00793 e. The third-order valence-electron chi connectivity index (χ3n) is 3.43. The Balaban J connectivity index is 1.69. The van der Waals surface area contributed by atoms with Crippen LogP contribution in [-0.4, -0.2) is 25.7 Å². The lowest BCUT2D eigenvalue weighted by Crippen LogP contribution is -2.37. The number of benzene rings is 1. The summed E-state index contributed by atoms with van der Waals surface area (Å²) in [4.78, 5) is 0. The summed E-state index contributed by atoms with van der Waals surface area (Å²) in [6, 6.07) is 11.6. The summed E-state index contributed by atoms with van der Waals surface area (Å²) in [5, 5.41) is 7.06. The lowest BCUT2D eigenvalue weighted by atomic mass is 9.85. The van der Waals surface area contributed by atoms with Gasteiger partial charge in [0, 0.05) is 31.1 Å². The van der Waals surface area contributed by atoms with Crippen molar-refractivity contribution in [1.29, 1.82) is 0 Å². The molecule has 0 saturated heterocycles. The maximum atomic E-state index is 3.54. The van der Waals surface area contributed by atoms with E-state index < -0.39 is 0 Å². The van der Waals surface area contributed by atoms with Crippen molar-refractivity contribution in [3.05, 3.63) is 35.9 Å². The molecule has 2 N–H and O–H groups in total. The van der Waals surface area contributed by atoms with Gasteiger partial charge in [0.1, 0.15) is 0 Å². The van der Waals surface area contributed by atoms with Gasteiger partial charge in [-0.2, -0.15) is 0 Å². The predicted molar refractivity (Wildman–Crippen MR) is 73.4 cm³/mol. The molecular formula is C15H24N2. The van der Waals surface area contributed by atoms with Gasteiger partial charge in [-0.25, -0.2) is 0 Å². The molecule has 1 aliphatic rings. The monoisotopic (exact) mass is 232 g/mol. The van der Waals surface area contributed by atoms with Crippen LogP contribution in [0.3, 0.4) is 0 Å². The summed E-state index contributed by atoms with van der Waals surface area (Å²) in [5.74, 6) is 0. The van der Waals surface area contributed by atoms with Crippen LogP contribution in [0.2, 0.25) is 0 Å². The second-order valence-electron chi connectivity index (χ2n) is 5.66. The molecule has 0 bridgehead atoms. The number of hydrogen-bond acceptors (Lipinski definition) is 2. The fourth-order valence-electron chi connectivity index (χ4n) is 2.04. The zero-order valence-electron chi connectivity index (χ0n) is 11.0. The van der Waals surface area contributed by atoms with Gasteiger partial charge in [0.05, 0.1) is 0 Å². The average Bonchev–Trinajstić information content (AvgIpc) is 3.14. The molecule has 0 aromatic heterocycles. The molecule has 0 unspecified atom stereocenters. The normalized spacial score (nSPS) is 16.1. The van der Waals surface area contributed by atoms with Gasteiger partial charge >= 0.3 is 0 Å². The van der Waals surface area contributed by atoms with Crippen LogP contribution >= 0.6 is 0 Å². The first kappa shape index (κ1) is 12.6. The Bertz CT molecular complexity index is 328. The summed E-state index contributed by atoms with van der Waals surface area (Å²) in [5.41, 5.74) is 1.61. The van der Waals surface area contributed by atoms with E-state index in [1.807, 2.05) is 0 Å². The fourth-order valence-corrected chi connectivity index (χ4v) is 2.04. The Morgan fingerprint density at radius 1 is 1.12 bits per heavy atom. The minimum Gasteiger partial charge on any atom is -0.315 e. The second kappa shape index (κ2) is 5.65. The fraction of sp³-hybridized carbons (Fsp3) is 0.600. The molecule has 0 spiro atoms. The molecule has 1 aromatic rings. The zero-order chi connectivity index (χ0) is 12.1. The standard InChI is InChI=1S/C15H24N2/c1-15(2,13-6-4-3-5-7-13)12-16-10-11-17-14-8-9-14/h3-7,14,16-17H,8-12H2,1-2H3. The SMILES string of the molecule is CC(C)(CNCCNC1CC1)c1ccccc1. The van der Waals surface area contributed by atoms with Crippen LogP contribution in [0.15, 0.2) is 30.3 Å². The molecule has 2 rings (SSSR count). The number of nitrogens with one attached hydrogen (secondary N) is 2. The lowest BCUT2D eigenvalue weighted by molar-refractivity contribution is 0.464. The quantitative estimate of drug-likeness (QED) is 0.705. The van der Waals surface area contributed by atoms with Gasteiger partial charge in [0.15, 0.2) is 0 Å². The van der Waals surface area contributed by atoms with Crippen LogP contribution in [0.1, 0.15) is 32.3 Å². The summed E-state index contributed by atoms with van der Waals surface area (Å²) in [6.07, 6.45) is 2.74. The van der Waals surface area contributed by atoms with Crippen LogP contribution in [0.5, 0.6) is 0 Å². The molecule has 1 fully saturated rings. The van der Waals surface area contributed by atoms with Crippen molar-refractivity contribution >= 4 is 0 Å². The Kier molecular flexibility index (Phi) is 4.19. The van der Waals surface area contributed by atoms with E-state index in [0.29, 0.717) is 0 Å². The summed E-state index contributed by atoms with van der Waals surface area (Å²) in [6.45, 7) is 7.78. The van der Waals surface area contributed by atoms with Crippen molar-refractivity contribution in [3.8, 4) is 0 Å². The van der Waals surface area contributed by atoms with Gasteiger partial charge in [-0.15, -0.1) is 0 Å². The van der Waals surface area contributed by atoms with Gasteiger partial charge in [-0.05, 0) is 18.4 Å². The lowest BCUT2D eigenvalue weighted by Gasteiger charge is -2.25. The maximum absolute atomic E-state index is 3.54. The van der Waals surface area contributed by atoms with Crippen LogP contribution in [-0.2, 0) is 5.41 Å². The van der Waals surface area contributed by atoms with Crippen LogP contribution in [0, 0.1) is 0 Å². The number of hydrogen-bond donors (Lipinski definition) is 2. The molecule has 2 nitrogen and oxygen atoms in total. The van der Waals surface area contributed by atoms with Crippen LogP contribution in [0.25, 0.3) is 0 Å². The first-order valence-electron chi connectivity index (χ1n) is 6.68. The zero-order valence-corrected chi connectivity index (χ0v) is 11.0. The minimum absolute atomic E-state index is 0.209. The van der Waals surface area contributed by atoms with Crippen molar-refractivity contribution in [3.63, 3.8) is 0 Å². The summed E-state index contributed by atoms with van der Waals surface area (Å²) >= 11 is 0. The first-order valence-corrected chi connectivity index (χ1v) is 6.68. The Labute approximate surface area is 105 Å². The molecule has 1 aliphatic carbocycles. The highest BCUT2D eigenvalue weighted by Gasteiger charge is 2.21. The van der Waals surface area contributed by atoms with Crippen LogP contribution < -0.4 is 10.6 Å². The molecule has 0 aliphatic heterocycles. The topological polar surface area (TPSA) is 24.1 Å². The van der Waals surface area contributed by atoms with E-state index in [-0.39, 0.29) is 5.41 Å². The van der Waals surface area contributed by atoms with Crippen molar-refractivity contribution in [1.82, 2.24) is 10.6 Å². The van der Waals surface area contributed by atoms with Gasteiger partial charge < -0.3 is 10.6 Å². The third kappa shape index (κ3) is 4.14. The van der Waals surface area contributed by atoms with Crippen molar-refractivity contribution in [2.45, 2.75) is 38.1 Å². The second-order valence-corrected chi connectivity index (χ2v) is 5.66. The van der Waals surface area contributed by atoms with E-state index >= 15 is 0 Å². The highest BCUT2D eigenvalue weighted by molar-refractivity contribution is 5.23. The first-order chi connectivity index (χ1) is 8.18. The highest BCUT2D eigenvalue weighted by Crippen LogP contribution is 2.21. The van der Waals surface area contributed by atoms with E-state index in [2.05, 4.69) is 54.8 Å². The van der Waals surface area contributed by atoms with E-state index in [1.165, 1.54) is 18.4 Å². The van der Waals surface area contributed by atoms with Gasteiger partial charge in [0.25, 0.3) is 0 Å². The minimum atomic E-state index is 0.209. The summed E-state index contributed by atoms with van der Waals surface area (Å²) < 4.78 is 0. The molecule has 1 saturated carbocycles. The Morgan fingerprint density at radius 3 is 2.47 bits per heavy atom. The van der Waals surface area contributed by atoms with Gasteiger partial charge in [0.2, 0.25) is 0 Å². The molecule has 94 valence electrons. The third-order valence-corrected chi connectivity index (χ3v) is 3.43. The molecule has 2 heteroatoms. The molecule has 0 heterocycles.